The second kappa shape index (κ2) is 5.39. The van der Waals surface area contributed by atoms with Crippen molar-refractivity contribution in [2.24, 2.45) is 0 Å². The van der Waals surface area contributed by atoms with Crippen LogP contribution in [0, 0.1) is 9.58 Å². The van der Waals surface area contributed by atoms with Gasteiger partial charge in [-0.05, 0) is 46.9 Å². The van der Waals surface area contributed by atoms with Crippen LogP contribution in [0.25, 0.3) is 0 Å². The third-order valence-corrected chi connectivity index (χ3v) is 2.83. The lowest BCUT2D eigenvalue weighted by Crippen LogP contribution is -2.00. The highest BCUT2D eigenvalue weighted by Crippen LogP contribution is 2.25. The molecule has 0 aliphatic carbocycles. The van der Waals surface area contributed by atoms with Gasteiger partial charge in [0, 0.05) is 6.07 Å². The molecule has 0 aliphatic rings. The number of ether oxygens (including phenoxy) is 1. The van der Waals surface area contributed by atoms with Gasteiger partial charge in [-0.15, -0.1) is 0 Å². The molecule has 1 aromatic heterocycles. The minimum atomic E-state index is -0.319. The summed E-state index contributed by atoms with van der Waals surface area (Å²) in [7, 11) is 1.51. The summed E-state index contributed by atoms with van der Waals surface area (Å²) >= 11 is 2.10. The van der Waals surface area contributed by atoms with Gasteiger partial charge >= 0.3 is 0 Å². The second-order valence-electron chi connectivity index (χ2n) is 3.40. The molecule has 5 heteroatoms. The van der Waals surface area contributed by atoms with E-state index in [-0.39, 0.29) is 5.82 Å². The average molecular weight is 347 g/mol. The topological polar surface area (TPSA) is 34.4 Å². The number of halogens is 2. The Kier molecular flexibility index (Phi) is 3.88. The van der Waals surface area contributed by atoms with E-state index in [2.05, 4.69) is 27.9 Å². The second-order valence-corrected chi connectivity index (χ2v) is 4.47. The van der Waals surface area contributed by atoms with Crippen molar-refractivity contribution in [2.75, 3.05) is 12.4 Å². The molecular formula is C12H11FINO2. The summed E-state index contributed by atoms with van der Waals surface area (Å²) in [5.74, 6) is 0.979. The van der Waals surface area contributed by atoms with Gasteiger partial charge in [-0.25, -0.2) is 4.39 Å². The van der Waals surface area contributed by atoms with Crippen molar-refractivity contribution in [3.63, 3.8) is 0 Å². The Morgan fingerprint density at radius 1 is 1.35 bits per heavy atom. The molecule has 0 atom stereocenters. The van der Waals surface area contributed by atoms with E-state index in [1.807, 2.05) is 12.1 Å². The van der Waals surface area contributed by atoms with E-state index < -0.39 is 0 Å². The van der Waals surface area contributed by atoms with Crippen molar-refractivity contribution < 1.29 is 13.5 Å². The lowest BCUT2D eigenvalue weighted by molar-refractivity contribution is 0.412. The molecule has 2 aromatic rings. The summed E-state index contributed by atoms with van der Waals surface area (Å²) < 4.78 is 24.3. The van der Waals surface area contributed by atoms with E-state index in [4.69, 9.17) is 9.15 Å². The Morgan fingerprint density at radius 3 is 2.82 bits per heavy atom. The number of nitrogens with one attached hydrogen (secondary N) is 1. The summed E-state index contributed by atoms with van der Waals surface area (Å²) in [5, 5.41) is 3.13. The fourth-order valence-electron chi connectivity index (χ4n) is 1.44. The van der Waals surface area contributed by atoms with Crippen LogP contribution in [0.3, 0.4) is 0 Å². The van der Waals surface area contributed by atoms with Gasteiger partial charge in [-0.1, -0.05) is 0 Å². The smallest absolute Gasteiger partial charge is 0.164 e. The first-order valence-electron chi connectivity index (χ1n) is 5.00. The van der Waals surface area contributed by atoms with E-state index in [1.54, 1.807) is 6.07 Å². The van der Waals surface area contributed by atoms with Crippen LogP contribution in [-0.4, -0.2) is 7.11 Å². The molecule has 1 aromatic carbocycles. The molecular weight excluding hydrogens is 336 g/mol. The van der Waals surface area contributed by atoms with Crippen LogP contribution in [0.1, 0.15) is 5.76 Å². The molecule has 0 spiro atoms. The maximum Gasteiger partial charge on any atom is 0.164 e. The van der Waals surface area contributed by atoms with Crippen molar-refractivity contribution in [3.8, 4) is 5.75 Å². The van der Waals surface area contributed by atoms with Crippen molar-refractivity contribution >= 4 is 28.3 Å². The molecule has 0 saturated heterocycles. The highest BCUT2D eigenvalue weighted by molar-refractivity contribution is 14.1. The number of benzene rings is 1. The number of furan rings is 1. The molecule has 2 rings (SSSR count). The van der Waals surface area contributed by atoms with Crippen molar-refractivity contribution in [1.82, 2.24) is 0 Å². The van der Waals surface area contributed by atoms with Crippen molar-refractivity contribution in [2.45, 2.75) is 6.54 Å². The molecule has 0 bridgehead atoms. The molecule has 0 amide bonds. The van der Waals surface area contributed by atoms with Gasteiger partial charge in [0.15, 0.2) is 3.77 Å². The highest BCUT2D eigenvalue weighted by Gasteiger charge is 2.05. The van der Waals surface area contributed by atoms with Crippen molar-refractivity contribution in [1.29, 1.82) is 0 Å². The summed E-state index contributed by atoms with van der Waals surface area (Å²) in [6, 6.07) is 8.15. The van der Waals surface area contributed by atoms with E-state index in [1.165, 1.54) is 19.2 Å². The highest BCUT2D eigenvalue weighted by atomic mass is 127. The number of hydrogen-bond acceptors (Lipinski definition) is 3. The minimum absolute atomic E-state index is 0.319. The Bertz CT molecular complexity index is 513. The normalized spacial score (nSPS) is 10.3. The Hall–Kier alpha value is -1.24. The Balaban J connectivity index is 2.08. The fraction of sp³-hybridized carbons (Fsp3) is 0.167. The van der Waals surface area contributed by atoms with Gasteiger partial charge in [0.25, 0.3) is 0 Å². The van der Waals surface area contributed by atoms with Crippen LogP contribution in [0.5, 0.6) is 5.75 Å². The summed E-state index contributed by atoms with van der Waals surface area (Å²) in [5.41, 5.74) is 0.736. The first-order chi connectivity index (χ1) is 8.19. The number of hydrogen-bond donors (Lipinski definition) is 1. The van der Waals surface area contributed by atoms with E-state index in [0.29, 0.717) is 12.3 Å². The summed E-state index contributed by atoms with van der Waals surface area (Å²) in [6.45, 7) is 0.533. The van der Waals surface area contributed by atoms with Gasteiger partial charge in [-0.2, -0.15) is 0 Å². The standard InChI is InChI=1S/C12H11FINO2/c1-16-11-6-8(13)2-4-10(11)15-7-9-3-5-12(14)17-9/h2-6,15H,7H2,1H3. The zero-order valence-electron chi connectivity index (χ0n) is 9.17. The first kappa shape index (κ1) is 12.2. The average Bonchev–Trinajstić information content (AvgIpc) is 2.73. The van der Waals surface area contributed by atoms with Gasteiger partial charge in [0.05, 0.1) is 19.3 Å². The maximum atomic E-state index is 13.0. The van der Waals surface area contributed by atoms with Crippen LogP contribution in [-0.2, 0) is 6.54 Å². The quantitative estimate of drug-likeness (QED) is 0.858. The molecule has 0 radical (unpaired) electrons. The molecule has 0 fully saturated rings. The van der Waals surface area contributed by atoms with Gasteiger partial charge < -0.3 is 14.5 Å². The zero-order valence-corrected chi connectivity index (χ0v) is 11.3. The van der Waals surface area contributed by atoms with E-state index in [0.717, 1.165) is 15.2 Å². The molecule has 0 unspecified atom stereocenters. The molecule has 3 nitrogen and oxygen atoms in total. The molecule has 1 N–H and O–H groups in total. The van der Waals surface area contributed by atoms with Crippen molar-refractivity contribution in [3.05, 3.63) is 45.7 Å². The largest absolute Gasteiger partial charge is 0.494 e. The number of anilines is 1. The predicted molar refractivity (Wildman–Crippen MR) is 71.7 cm³/mol. The van der Waals surface area contributed by atoms with Crippen LogP contribution < -0.4 is 10.1 Å². The zero-order chi connectivity index (χ0) is 12.3. The fourth-order valence-corrected chi connectivity index (χ4v) is 1.90. The van der Waals surface area contributed by atoms with E-state index >= 15 is 0 Å². The number of methoxy groups -OCH3 is 1. The SMILES string of the molecule is COc1cc(F)ccc1NCc1ccc(I)o1. The summed E-state index contributed by atoms with van der Waals surface area (Å²) in [4.78, 5) is 0. The van der Waals surface area contributed by atoms with Gasteiger partial charge in [-0.3, -0.25) is 0 Å². The van der Waals surface area contributed by atoms with Crippen LogP contribution in [0.2, 0.25) is 0 Å². The van der Waals surface area contributed by atoms with Crippen LogP contribution in [0.15, 0.2) is 34.7 Å². The Labute approximate surface area is 112 Å². The molecule has 90 valence electrons. The molecule has 0 saturated carbocycles. The lowest BCUT2D eigenvalue weighted by atomic mass is 10.2. The molecule has 1 heterocycles. The van der Waals surface area contributed by atoms with Gasteiger partial charge in [0.2, 0.25) is 0 Å². The molecule has 17 heavy (non-hydrogen) atoms. The lowest BCUT2D eigenvalue weighted by Gasteiger charge is -2.09. The Morgan fingerprint density at radius 2 is 2.18 bits per heavy atom. The third kappa shape index (κ3) is 3.12. The van der Waals surface area contributed by atoms with E-state index in [9.17, 15) is 4.39 Å². The van der Waals surface area contributed by atoms with Crippen LogP contribution >= 0.6 is 22.6 Å². The monoisotopic (exact) mass is 347 g/mol. The van der Waals surface area contributed by atoms with Gasteiger partial charge in [0.1, 0.15) is 17.3 Å². The maximum absolute atomic E-state index is 13.0. The van der Waals surface area contributed by atoms with Crippen LogP contribution in [0.4, 0.5) is 10.1 Å². The molecule has 0 aliphatic heterocycles. The third-order valence-electron chi connectivity index (χ3n) is 2.25. The minimum Gasteiger partial charge on any atom is -0.494 e. The first-order valence-corrected chi connectivity index (χ1v) is 6.08. The number of rotatable bonds is 4. The summed E-state index contributed by atoms with van der Waals surface area (Å²) in [6.07, 6.45) is 0. The predicted octanol–water partition coefficient (Wildman–Crippen LogP) is 3.64.